The molecule has 0 saturated carbocycles. The number of hydrogen-bond donors (Lipinski definition) is 2. The van der Waals surface area contributed by atoms with Crippen molar-refractivity contribution in [1.29, 1.82) is 0 Å². The number of amides is 1. The fourth-order valence-corrected chi connectivity index (χ4v) is 1.74. The minimum Gasteiger partial charge on any atom is -0.508 e. The van der Waals surface area contributed by atoms with Crippen molar-refractivity contribution in [3.63, 3.8) is 0 Å². The molecule has 0 radical (unpaired) electrons. The number of aromatic nitrogens is 2. The number of aromatic hydroxyl groups is 1. The first-order valence-corrected chi connectivity index (χ1v) is 5.65. The van der Waals surface area contributed by atoms with Crippen LogP contribution in [-0.2, 0) is 0 Å². The van der Waals surface area contributed by atoms with Crippen molar-refractivity contribution in [1.82, 2.24) is 15.2 Å². The Balaban J connectivity index is 2.25. The molecule has 0 fully saturated rings. The Kier molecular flexibility index (Phi) is 3.37. The quantitative estimate of drug-likeness (QED) is 0.860. The minimum atomic E-state index is -0.422. The van der Waals surface area contributed by atoms with Crippen molar-refractivity contribution in [3.8, 4) is 5.75 Å². The van der Waals surface area contributed by atoms with Crippen LogP contribution in [0.25, 0.3) is 0 Å². The lowest BCUT2D eigenvalue weighted by Crippen LogP contribution is -2.30. The summed E-state index contributed by atoms with van der Waals surface area (Å²) in [5.74, 6) is -0.350. The number of benzene rings is 1. The maximum absolute atomic E-state index is 12.2. The van der Waals surface area contributed by atoms with Gasteiger partial charge in [0, 0.05) is 12.6 Å². The van der Waals surface area contributed by atoms with Crippen LogP contribution in [0.3, 0.4) is 0 Å². The Morgan fingerprint density at radius 2 is 2.11 bits per heavy atom. The molecule has 0 spiro atoms. The fourth-order valence-electron chi connectivity index (χ4n) is 1.74. The summed E-state index contributed by atoms with van der Waals surface area (Å²) in [4.78, 5) is 13.6. The molecule has 1 amide bonds. The van der Waals surface area contributed by atoms with Gasteiger partial charge >= 0.3 is 0 Å². The predicted octanol–water partition coefficient (Wildman–Crippen LogP) is 1.19. The Morgan fingerprint density at radius 3 is 2.68 bits per heavy atom. The molecule has 7 heteroatoms. The lowest BCUT2D eigenvalue weighted by Gasteiger charge is -2.24. The van der Waals surface area contributed by atoms with E-state index in [0.717, 1.165) is 0 Å². The summed E-state index contributed by atoms with van der Waals surface area (Å²) in [6.45, 7) is 1.79. The minimum absolute atomic E-state index is 0.0372. The monoisotopic (exact) mass is 262 g/mol. The second kappa shape index (κ2) is 4.97. The second-order valence-corrected chi connectivity index (χ2v) is 4.15. The molecule has 2 rings (SSSR count). The van der Waals surface area contributed by atoms with Gasteiger partial charge in [-0.05, 0) is 23.3 Å². The predicted molar refractivity (Wildman–Crippen MR) is 67.3 cm³/mol. The molecular formula is C12H14N4O3. The van der Waals surface area contributed by atoms with Crippen molar-refractivity contribution in [2.45, 2.75) is 13.0 Å². The molecule has 0 aliphatic carbocycles. The van der Waals surface area contributed by atoms with E-state index in [1.165, 1.54) is 4.90 Å². The van der Waals surface area contributed by atoms with Gasteiger partial charge < -0.3 is 15.7 Å². The molecule has 1 heterocycles. The number of nitrogen functional groups attached to an aromatic ring is 1. The van der Waals surface area contributed by atoms with Gasteiger partial charge in [-0.2, -0.15) is 0 Å². The third-order valence-electron chi connectivity index (χ3n) is 3.00. The van der Waals surface area contributed by atoms with Crippen molar-refractivity contribution in [3.05, 3.63) is 35.5 Å². The molecule has 0 saturated heterocycles. The smallest absolute Gasteiger partial charge is 0.280 e. The lowest BCUT2D eigenvalue weighted by atomic mass is 10.1. The number of hydrogen-bond acceptors (Lipinski definition) is 6. The summed E-state index contributed by atoms with van der Waals surface area (Å²) in [6.07, 6.45) is 0. The van der Waals surface area contributed by atoms with Crippen molar-refractivity contribution in [2.24, 2.45) is 0 Å². The van der Waals surface area contributed by atoms with Crippen LogP contribution in [0.5, 0.6) is 5.75 Å². The first-order chi connectivity index (χ1) is 9.02. The van der Waals surface area contributed by atoms with Crippen LogP contribution in [0.1, 0.15) is 29.0 Å². The zero-order valence-electron chi connectivity index (χ0n) is 10.6. The highest BCUT2D eigenvalue weighted by Crippen LogP contribution is 2.28. The highest BCUT2D eigenvalue weighted by Gasteiger charge is 2.25. The summed E-state index contributed by atoms with van der Waals surface area (Å²) in [5.41, 5.74) is 6.08. The van der Waals surface area contributed by atoms with Crippen LogP contribution in [0, 0.1) is 0 Å². The van der Waals surface area contributed by atoms with E-state index in [1.807, 2.05) is 0 Å². The number of nitrogens with zero attached hydrogens (tertiary/aromatic N) is 3. The topological polar surface area (TPSA) is 105 Å². The number of anilines is 1. The van der Waals surface area contributed by atoms with E-state index in [-0.39, 0.29) is 23.3 Å². The van der Waals surface area contributed by atoms with Crippen molar-refractivity contribution >= 4 is 11.7 Å². The Hall–Kier alpha value is -2.57. The molecule has 0 aliphatic rings. The second-order valence-electron chi connectivity index (χ2n) is 4.15. The van der Waals surface area contributed by atoms with E-state index in [9.17, 15) is 9.90 Å². The third-order valence-corrected chi connectivity index (χ3v) is 3.00. The van der Waals surface area contributed by atoms with E-state index in [0.29, 0.717) is 5.56 Å². The maximum Gasteiger partial charge on any atom is 0.280 e. The van der Waals surface area contributed by atoms with Gasteiger partial charge in [-0.25, -0.2) is 4.63 Å². The summed E-state index contributed by atoms with van der Waals surface area (Å²) in [7, 11) is 1.59. The van der Waals surface area contributed by atoms with Gasteiger partial charge in [-0.1, -0.05) is 18.2 Å². The molecular weight excluding hydrogens is 248 g/mol. The van der Waals surface area contributed by atoms with E-state index >= 15 is 0 Å². The summed E-state index contributed by atoms with van der Waals surface area (Å²) < 4.78 is 4.40. The number of para-hydroxylation sites is 1. The van der Waals surface area contributed by atoms with Crippen LogP contribution >= 0.6 is 0 Å². The largest absolute Gasteiger partial charge is 0.508 e. The summed E-state index contributed by atoms with van der Waals surface area (Å²) in [5, 5.41) is 16.6. The number of rotatable bonds is 3. The van der Waals surface area contributed by atoms with Crippen LogP contribution < -0.4 is 5.73 Å². The van der Waals surface area contributed by atoms with Gasteiger partial charge in [-0.3, -0.25) is 4.79 Å². The molecule has 1 unspecified atom stereocenters. The Bertz CT molecular complexity index is 596. The van der Waals surface area contributed by atoms with Gasteiger partial charge in [0.2, 0.25) is 11.5 Å². The Labute approximate surface area is 109 Å². The van der Waals surface area contributed by atoms with E-state index in [1.54, 1.807) is 38.2 Å². The van der Waals surface area contributed by atoms with Gasteiger partial charge in [0.1, 0.15) is 5.75 Å². The Morgan fingerprint density at radius 1 is 1.42 bits per heavy atom. The average molecular weight is 262 g/mol. The first kappa shape index (κ1) is 12.9. The number of nitrogens with two attached hydrogens (primary N) is 1. The highest BCUT2D eigenvalue weighted by molar-refractivity contribution is 5.96. The summed E-state index contributed by atoms with van der Waals surface area (Å²) in [6, 6.07) is 6.47. The molecule has 7 nitrogen and oxygen atoms in total. The normalized spacial score (nSPS) is 12.1. The molecule has 100 valence electrons. The molecule has 0 aliphatic heterocycles. The van der Waals surface area contributed by atoms with Gasteiger partial charge in [0.05, 0.1) is 6.04 Å². The number of carbonyl (C=O) groups excluding carboxylic acids is 1. The van der Waals surface area contributed by atoms with Gasteiger partial charge in [0.25, 0.3) is 5.91 Å². The molecule has 3 N–H and O–H groups in total. The number of phenolic OH excluding ortho intramolecular Hbond substituents is 1. The van der Waals surface area contributed by atoms with E-state index in [4.69, 9.17) is 5.73 Å². The molecule has 1 aromatic carbocycles. The van der Waals surface area contributed by atoms with Crippen LogP contribution in [0.4, 0.5) is 5.82 Å². The number of phenols is 1. The lowest BCUT2D eigenvalue weighted by molar-refractivity contribution is 0.0731. The highest BCUT2D eigenvalue weighted by atomic mass is 16.6. The first-order valence-electron chi connectivity index (χ1n) is 5.65. The third kappa shape index (κ3) is 2.35. The van der Waals surface area contributed by atoms with Crippen molar-refractivity contribution in [2.75, 3.05) is 12.8 Å². The molecule has 0 bridgehead atoms. The van der Waals surface area contributed by atoms with Crippen LogP contribution in [-0.4, -0.2) is 33.3 Å². The fraction of sp³-hybridized carbons (Fsp3) is 0.250. The zero-order valence-corrected chi connectivity index (χ0v) is 10.6. The van der Waals surface area contributed by atoms with Gasteiger partial charge in [-0.15, -0.1) is 0 Å². The SMILES string of the molecule is CC(c1ccccc1O)N(C)C(=O)c1nonc1N. The van der Waals surface area contributed by atoms with Crippen LogP contribution in [0.15, 0.2) is 28.9 Å². The molecule has 1 atom stereocenters. The summed E-state index contributed by atoms with van der Waals surface area (Å²) >= 11 is 0. The van der Waals surface area contributed by atoms with E-state index < -0.39 is 5.91 Å². The van der Waals surface area contributed by atoms with Crippen molar-refractivity contribution < 1.29 is 14.5 Å². The maximum atomic E-state index is 12.2. The number of carbonyl (C=O) groups is 1. The molecule has 1 aromatic heterocycles. The van der Waals surface area contributed by atoms with Crippen LogP contribution in [0.2, 0.25) is 0 Å². The zero-order chi connectivity index (χ0) is 14.0. The molecule has 19 heavy (non-hydrogen) atoms. The van der Waals surface area contributed by atoms with Gasteiger partial charge in [0.15, 0.2) is 0 Å². The van der Waals surface area contributed by atoms with E-state index in [2.05, 4.69) is 14.9 Å². The molecule has 2 aromatic rings. The average Bonchev–Trinajstić information content (AvgIpc) is 2.83. The standard InChI is InChI=1S/C12H14N4O3/c1-7(8-5-3-4-6-9(8)17)16(2)12(18)10-11(13)15-19-14-10/h3-7,17H,1-2H3,(H2,13,15).